The number of carbonyl (C=O) groups excluding carboxylic acids is 2. The Balaban J connectivity index is 1.82. The molecule has 0 aromatic rings. The maximum Gasteiger partial charge on any atom is 0.162 e. The van der Waals surface area contributed by atoms with Crippen LogP contribution in [0.1, 0.15) is 59.3 Å². The maximum atomic E-state index is 12.9. The van der Waals surface area contributed by atoms with E-state index in [1.165, 1.54) is 5.57 Å². The van der Waals surface area contributed by atoms with E-state index >= 15 is 0 Å². The Hall–Kier alpha value is -0.960. The van der Waals surface area contributed by atoms with E-state index in [1.54, 1.807) is 0 Å². The van der Waals surface area contributed by atoms with Gasteiger partial charge in [-0.2, -0.15) is 0 Å². The maximum absolute atomic E-state index is 12.9. The van der Waals surface area contributed by atoms with E-state index in [1.807, 2.05) is 13.8 Å². The number of aliphatic hydroxyl groups excluding tert-OH is 1. The highest BCUT2D eigenvalue weighted by molar-refractivity contribution is 5.90. The Morgan fingerprint density at radius 2 is 1.83 bits per heavy atom. The molecule has 5 aliphatic rings. The van der Waals surface area contributed by atoms with Crippen LogP contribution in [0.25, 0.3) is 0 Å². The molecule has 5 aliphatic carbocycles. The van der Waals surface area contributed by atoms with Crippen LogP contribution < -0.4 is 0 Å². The molecule has 0 radical (unpaired) electrons. The summed E-state index contributed by atoms with van der Waals surface area (Å²) in [4.78, 5) is 25.4. The summed E-state index contributed by atoms with van der Waals surface area (Å²) in [5.41, 5.74) is 0.426. The van der Waals surface area contributed by atoms with Crippen LogP contribution in [0.3, 0.4) is 0 Å². The molecule has 23 heavy (non-hydrogen) atoms. The Kier molecular flexibility index (Phi) is 2.95. The molecule has 0 aliphatic heterocycles. The summed E-state index contributed by atoms with van der Waals surface area (Å²) in [5.74, 6) is 1.29. The molecule has 0 heterocycles. The first kappa shape index (κ1) is 15.6. The van der Waals surface area contributed by atoms with Gasteiger partial charge in [0.1, 0.15) is 11.9 Å². The first-order chi connectivity index (χ1) is 10.6. The van der Waals surface area contributed by atoms with Crippen molar-refractivity contribution >= 4 is 11.6 Å². The zero-order valence-corrected chi connectivity index (χ0v) is 14.5. The molecule has 0 aromatic carbocycles. The van der Waals surface area contributed by atoms with Crippen LogP contribution in [-0.4, -0.2) is 22.8 Å². The summed E-state index contributed by atoms with van der Waals surface area (Å²) in [7, 11) is 0. The molecule has 5 rings (SSSR count). The molecule has 0 saturated heterocycles. The van der Waals surface area contributed by atoms with Gasteiger partial charge in [-0.15, -0.1) is 0 Å². The van der Waals surface area contributed by atoms with Gasteiger partial charge in [-0.25, -0.2) is 0 Å². The molecule has 5 fully saturated rings. The SMILES string of the molecule is C=C1C[C@]23CC[C@H]4C(C)(C)C(O)C(=O)C[C@]4(C)[C@H]2C[C@H]1CC3=O. The highest BCUT2D eigenvalue weighted by Crippen LogP contribution is 2.70. The van der Waals surface area contributed by atoms with Crippen molar-refractivity contribution in [2.24, 2.45) is 34.0 Å². The Bertz CT molecular complexity index is 618. The number of fused-ring (bicyclic) bond motifs is 3. The van der Waals surface area contributed by atoms with Gasteiger partial charge in [-0.1, -0.05) is 32.9 Å². The second-order valence-corrected chi connectivity index (χ2v) is 9.57. The van der Waals surface area contributed by atoms with Crippen LogP contribution in [0, 0.1) is 34.0 Å². The van der Waals surface area contributed by atoms with E-state index < -0.39 is 11.5 Å². The lowest BCUT2D eigenvalue weighted by molar-refractivity contribution is -0.197. The fourth-order valence-electron chi connectivity index (χ4n) is 7.12. The van der Waals surface area contributed by atoms with Gasteiger partial charge in [0, 0.05) is 23.7 Å². The molecular formula is C20H28O3. The quantitative estimate of drug-likeness (QED) is 0.698. The minimum atomic E-state index is -0.860. The molecule has 6 atom stereocenters. The summed E-state index contributed by atoms with van der Waals surface area (Å²) < 4.78 is 0. The number of hydrogen-bond acceptors (Lipinski definition) is 3. The van der Waals surface area contributed by atoms with Gasteiger partial charge in [0.15, 0.2) is 5.78 Å². The fourth-order valence-corrected chi connectivity index (χ4v) is 7.12. The zero-order chi connectivity index (χ0) is 16.8. The molecule has 5 saturated carbocycles. The Morgan fingerprint density at radius 3 is 2.52 bits per heavy atom. The van der Waals surface area contributed by atoms with E-state index in [0.29, 0.717) is 30.5 Å². The van der Waals surface area contributed by atoms with Gasteiger partial charge in [0.25, 0.3) is 0 Å². The molecule has 3 nitrogen and oxygen atoms in total. The zero-order valence-electron chi connectivity index (χ0n) is 14.5. The average molecular weight is 316 g/mol. The van der Waals surface area contributed by atoms with E-state index in [9.17, 15) is 14.7 Å². The van der Waals surface area contributed by atoms with Gasteiger partial charge < -0.3 is 5.11 Å². The van der Waals surface area contributed by atoms with Crippen molar-refractivity contribution < 1.29 is 14.7 Å². The van der Waals surface area contributed by atoms with Crippen molar-refractivity contribution in [3.8, 4) is 0 Å². The highest BCUT2D eigenvalue weighted by Gasteiger charge is 2.68. The molecule has 1 spiro atoms. The van der Waals surface area contributed by atoms with Gasteiger partial charge in [0.2, 0.25) is 0 Å². The van der Waals surface area contributed by atoms with E-state index in [-0.39, 0.29) is 22.5 Å². The lowest BCUT2D eigenvalue weighted by Crippen LogP contribution is -2.66. The first-order valence-electron chi connectivity index (χ1n) is 9.05. The topological polar surface area (TPSA) is 54.4 Å². The second-order valence-electron chi connectivity index (χ2n) is 9.57. The van der Waals surface area contributed by atoms with Crippen LogP contribution >= 0.6 is 0 Å². The van der Waals surface area contributed by atoms with Crippen LogP contribution in [0.15, 0.2) is 12.2 Å². The highest BCUT2D eigenvalue weighted by atomic mass is 16.3. The van der Waals surface area contributed by atoms with Crippen molar-refractivity contribution in [1.82, 2.24) is 0 Å². The molecule has 2 bridgehead atoms. The molecule has 1 N–H and O–H groups in total. The van der Waals surface area contributed by atoms with Crippen molar-refractivity contribution in [2.75, 3.05) is 0 Å². The summed E-state index contributed by atoms with van der Waals surface area (Å²) in [6.45, 7) is 10.5. The molecule has 3 heteroatoms. The van der Waals surface area contributed by atoms with Gasteiger partial charge in [-0.3, -0.25) is 9.59 Å². The predicted octanol–water partition coefficient (Wildman–Crippen LogP) is 3.30. The van der Waals surface area contributed by atoms with E-state index in [2.05, 4.69) is 13.5 Å². The number of hydrogen-bond donors (Lipinski definition) is 1. The van der Waals surface area contributed by atoms with Crippen LogP contribution in [0.4, 0.5) is 0 Å². The molecule has 126 valence electrons. The summed E-state index contributed by atoms with van der Waals surface area (Å²) in [6.07, 6.45) is 3.93. The number of allylic oxidation sites excluding steroid dienone is 1. The molecule has 0 amide bonds. The number of aliphatic hydroxyl groups is 1. The van der Waals surface area contributed by atoms with Crippen LogP contribution in [0.5, 0.6) is 0 Å². The average Bonchev–Trinajstić information content (AvgIpc) is 2.45. The third kappa shape index (κ3) is 1.70. The molecular weight excluding hydrogens is 288 g/mol. The summed E-state index contributed by atoms with van der Waals surface area (Å²) >= 11 is 0. The van der Waals surface area contributed by atoms with Crippen molar-refractivity contribution in [2.45, 2.75) is 65.4 Å². The summed E-state index contributed by atoms with van der Waals surface area (Å²) in [5, 5.41) is 10.4. The first-order valence-corrected chi connectivity index (χ1v) is 9.05. The minimum Gasteiger partial charge on any atom is -0.385 e. The Morgan fingerprint density at radius 1 is 1.13 bits per heavy atom. The predicted molar refractivity (Wildman–Crippen MR) is 87.7 cm³/mol. The van der Waals surface area contributed by atoms with Gasteiger partial charge >= 0.3 is 0 Å². The van der Waals surface area contributed by atoms with Gasteiger partial charge in [-0.05, 0) is 48.9 Å². The largest absolute Gasteiger partial charge is 0.385 e. The second kappa shape index (κ2) is 4.36. The van der Waals surface area contributed by atoms with E-state index in [0.717, 1.165) is 25.7 Å². The van der Waals surface area contributed by atoms with E-state index in [4.69, 9.17) is 0 Å². The van der Waals surface area contributed by atoms with Crippen molar-refractivity contribution in [3.05, 3.63) is 12.2 Å². The molecule has 0 aromatic heterocycles. The third-order valence-corrected chi connectivity index (χ3v) is 8.23. The van der Waals surface area contributed by atoms with Crippen molar-refractivity contribution in [1.29, 1.82) is 0 Å². The van der Waals surface area contributed by atoms with Crippen molar-refractivity contribution in [3.63, 3.8) is 0 Å². The number of Topliss-reactive ketones (excluding diaryl/α,β-unsaturated/α-hetero) is 2. The minimum absolute atomic E-state index is 0.0291. The van der Waals surface area contributed by atoms with Crippen LogP contribution in [0.2, 0.25) is 0 Å². The van der Waals surface area contributed by atoms with Crippen LogP contribution in [-0.2, 0) is 9.59 Å². The standard InChI is InChI=1S/C20H28O3/c1-11-9-20-6-5-14-18(2,3)17(23)13(21)10-19(14,4)15(20)7-12(11)8-16(20)22/h12,14-15,17,23H,1,5-10H2,2-4H3/t12-,14-,15+,17?,19-,20+/m0/s1. The molecule has 1 unspecified atom stereocenters. The number of carbonyl (C=O) groups is 2. The monoisotopic (exact) mass is 316 g/mol. The smallest absolute Gasteiger partial charge is 0.162 e. The normalized spacial score (nSPS) is 51.4. The third-order valence-electron chi connectivity index (χ3n) is 8.23. The van der Waals surface area contributed by atoms with Gasteiger partial charge in [0.05, 0.1) is 0 Å². The lowest BCUT2D eigenvalue weighted by atomic mass is 9.36. The number of rotatable bonds is 0. The Labute approximate surface area is 138 Å². The lowest BCUT2D eigenvalue weighted by Gasteiger charge is -2.67. The number of ketones is 2. The fraction of sp³-hybridized carbons (Fsp3) is 0.800. The summed E-state index contributed by atoms with van der Waals surface area (Å²) in [6, 6.07) is 0.